The zero-order valence-electron chi connectivity index (χ0n) is 15.9. The molecule has 146 valence electrons. The van der Waals surface area contributed by atoms with Crippen molar-refractivity contribution in [2.24, 2.45) is 0 Å². The fraction of sp³-hybridized carbons (Fsp3) is 0.381. The third-order valence-electron chi connectivity index (χ3n) is 5.02. The molecule has 7 heteroatoms. The molecule has 0 saturated carbocycles. The zero-order chi connectivity index (χ0) is 19.5. The molecule has 2 aromatic heterocycles. The second-order valence-electron chi connectivity index (χ2n) is 6.89. The quantitative estimate of drug-likeness (QED) is 0.439. The third kappa shape index (κ3) is 4.00. The van der Waals surface area contributed by atoms with Gasteiger partial charge in [0.1, 0.15) is 4.83 Å². The number of hydrogen-bond acceptors (Lipinski definition) is 5. The molecule has 1 amide bonds. The predicted octanol–water partition coefficient (Wildman–Crippen LogP) is 3.59. The summed E-state index contributed by atoms with van der Waals surface area (Å²) in [7, 11) is 0. The molecule has 1 fully saturated rings. The van der Waals surface area contributed by atoms with E-state index in [0.717, 1.165) is 42.1 Å². The molecular weight excluding hydrogens is 390 g/mol. The molecule has 0 atom stereocenters. The minimum atomic E-state index is -0.00391. The number of rotatable bonds is 7. The summed E-state index contributed by atoms with van der Waals surface area (Å²) >= 11 is 2.95. The summed E-state index contributed by atoms with van der Waals surface area (Å²) in [5, 5.41) is 1.33. The first-order valence-electron chi connectivity index (χ1n) is 9.63. The van der Waals surface area contributed by atoms with Crippen molar-refractivity contribution in [1.82, 2.24) is 14.5 Å². The van der Waals surface area contributed by atoms with E-state index < -0.39 is 0 Å². The highest BCUT2D eigenvalue weighted by Crippen LogP contribution is 2.26. The lowest BCUT2D eigenvalue weighted by Gasteiger charge is -2.30. The number of carbonyl (C=O) groups is 1. The summed E-state index contributed by atoms with van der Waals surface area (Å²) in [5.41, 5.74) is 1.18. The van der Waals surface area contributed by atoms with Gasteiger partial charge in [0.25, 0.3) is 5.56 Å². The van der Waals surface area contributed by atoms with Gasteiger partial charge in [-0.15, -0.1) is 11.3 Å². The van der Waals surface area contributed by atoms with Crippen molar-refractivity contribution in [3.8, 4) is 0 Å². The van der Waals surface area contributed by atoms with Crippen LogP contribution in [0.2, 0.25) is 0 Å². The molecule has 28 heavy (non-hydrogen) atoms. The van der Waals surface area contributed by atoms with E-state index in [1.165, 1.54) is 17.3 Å². The fourth-order valence-electron chi connectivity index (χ4n) is 3.20. The lowest BCUT2D eigenvalue weighted by Crippen LogP contribution is -2.43. The van der Waals surface area contributed by atoms with Gasteiger partial charge in [-0.2, -0.15) is 0 Å². The van der Waals surface area contributed by atoms with Gasteiger partial charge in [-0.1, -0.05) is 49.0 Å². The second kappa shape index (κ2) is 8.49. The fourth-order valence-corrected chi connectivity index (χ4v) is 5.13. The molecule has 3 heterocycles. The Bertz CT molecular complexity index is 1040. The SMILES string of the molecule is CCc1cc2c(=O)n(CCc3ccccc3)c(SCC(=O)N3CCC3)nc2s1. The Balaban J connectivity index is 1.63. The highest BCUT2D eigenvalue weighted by molar-refractivity contribution is 7.99. The van der Waals surface area contributed by atoms with Crippen LogP contribution in [-0.4, -0.2) is 39.2 Å². The Kier molecular flexibility index (Phi) is 5.82. The van der Waals surface area contributed by atoms with E-state index in [-0.39, 0.29) is 11.5 Å². The molecule has 0 radical (unpaired) electrons. The first-order valence-corrected chi connectivity index (χ1v) is 11.4. The largest absolute Gasteiger partial charge is 0.342 e. The van der Waals surface area contributed by atoms with Crippen LogP contribution in [0.15, 0.2) is 46.3 Å². The van der Waals surface area contributed by atoms with Gasteiger partial charge in [-0.25, -0.2) is 4.98 Å². The van der Waals surface area contributed by atoms with Crippen molar-refractivity contribution >= 4 is 39.2 Å². The Morgan fingerprint density at radius 3 is 2.71 bits per heavy atom. The molecule has 1 aromatic carbocycles. The van der Waals surface area contributed by atoms with E-state index in [2.05, 4.69) is 19.1 Å². The van der Waals surface area contributed by atoms with Gasteiger partial charge in [0.15, 0.2) is 5.16 Å². The summed E-state index contributed by atoms with van der Waals surface area (Å²) < 4.78 is 1.75. The maximum absolute atomic E-state index is 13.2. The number of likely N-dealkylation sites (tertiary alicyclic amines) is 1. The van der Waals surface area contributed by atoms with Crippen molar-refractivity contribution < 1.29 is 4.79 Å². The molecule has 0 spiro atoms. The van der Waals surface area contributed by atoms with Crippen LogP contribution in [0.1, 0.15) is 23.8 Å². The number of hydrogen-bond donors (Lipinski definition) is 0. The molecule has 0 N–H and O–H groups in total. The van der Waals surface area contributed by atoms with Crippen LogP contribution < -0.4 is 5.56 Å². The van der Waals surface area contributed by atoms with Crippen LogP contribution in [-0.2, 0) is 24.2 Å². The van der Waals surface area contributed by atoms with Gasteiger partial charge in [0, 0.05) is 24.5 Å². The number of benzene rings is 1. The van der Waals surface area contributed by atoms with Crippen LogP contribution in [0, 0.1) is 0 Å². The zero-order valence-corrected chi connectivity index (χ0v) is 17.5. The van der Waals surface area contributed by atoms with Crippen molar-refractivity contribution in [2.75, 3.05) is 18.8 Å². The number of aryl methyl sites for hydroxylation is 2. The molecule has 0 bridgehead atoms. The smallest absolute Gasteiger partial charge is 0.262 e. The van der Waals surface area contributed by atoms with Crippen molar-refractivity contribution in [3.63, 3.8) is 0 Å². The van der Waals surface area contributed by atoms with E-state index in [4.69, 9.17) is 4.98 Å². The summed E-state index contributed by atoms with van der Waals surface area (Å²) in [5.74, 6) is 0.454. The average molecular weight is 414 g/mol. The van der Waals surface area contributed by atoms with Crippen LogP contribution in [0.25, 0.3) is 10.2 Å². The highest BCUT2D eigenvalue weighted by Gasteiger charge is 2.21. The number of thiophene rings is 1. The molecule has 0 aliphatic carbocycles. The summed E-state index contributed by atoms with van der Waals surface area (Å²) in [6.07, 6.45) is 2.73. The van der Waals surface area contributed by atoms with Crippen LogP contribution in [0.3, 0.4) is 0 Å². The lowest BCUT2D eigenvalue weighted by molar-refractivity contribution is -0.131. The number of fused-ring (bicyclic) bond motifs is 1. The number of nitrogens with zero attached hydrogens (tertiary/aromatic N) is 3. The van der Waals surface area contributed by atoms with E-state index >= 15 is 0 Å². The maximum atomic E-state index is 13.2. The normalized spacial score (nSPS) is 13.7. The monoisotopic (exact) mass is 413 g/mol. The highest BCUT2D eigenvalue weighted by atomic mass is 32.2. The summed E-state index contributed by atoms with van der Waals surface area (Å²) in [4.78, 5) is 34.0. The van der Waals surface area contributed by atoms with Gasteiger partial charge >= 0.3 is 0 Å². The minimum Gasteiger partial charge on any atom is -0.342 e. The molecule has 3 aromatic rings. The van der Waals surface area contributed by atoms with E-state index in [9.17, 15) is 9.59 Å². The first-order chi connectivity index (χ1) is 13.7. The topological polar surface area (TPSA) is 55.2 Å². The second-order valence-corrected chi connectivity index (χ2v) is 8.95. The molecule has 1 saturated heterocycles. The van der Waals surface area contributed by atoms with Crippen LogP contribution in [0.4, 0.5) is 0 Å². The number of amides is 1. The Labute approximate surface area is 172 Å². The Hall–Kier alpha value is -2.12. The maximum Gasteiger partial charge on any atom is 0.262 e. The van der Waals surface area contributed by atoms with Gasteiger partial charge < -0.3 is 4.90 Å². The number of aromatic nitrogens is 2. The predicted molar refractivity (Wildman–Crippen MR) is 115 cm³/mol. The summed E-state index contributed by atoms with van der Waals surface area (Å²) in [6, 6.07) is 12.1. The Morgan fingerprint density at radius 1 is 1.25 bits per heavy atom. The van der Waals surface area contributed by atoms with E-state index in [1.54, 1.807) is 15.9 Å². The molecule has 0 unspecified atom stereocenters. The lowest BCUT2D eigenvalue weighted by atomic mass is 10.1. The molecular formula is C21H23N3O2S2. The van der Waals surface area contributed by atoms with Crippen molar-refractivity contribution in [2.45, 2.75) is 37.9 Å². The van der Waals surface area contributed by atoms with E-state index in [1.807, 2.05) is 29.2 Å². The van der Waals surface area contributed by atoms with Crippen LogP contribution in [0.5, 0.6) is 0 Å². The van der Waals surface area contributed by atoms with Crippen molar-refractivity contribution in [1.29, 1.82) is 0 Å². The molecule has 1 aliphatic rings. The van der Waals surface area contributed by atoms with Gasteiger partial charge in [0.05, 0.1) is 11.1 Å². The minimum absolute atomic E-state index is 0.00391. The van der Waals surface area contributed by atoms with Crippen LogP contribution >= 0.6 is 23.1 Å². The standard InChI is InChI=1S/C21H23N3O2S2/c1-2-16-13-17-19(28-16)22-21(27-14-18(25)23-10-6-11-23)24(20(17)26)12-9-15-7-4-3-5-8-15/h3-5,7-8,13H,2,6,9-12,14H2,1H3. The number of thioether (sulfide) groups is 1. The summed E-state index contributed by atoms with van der Waals surface area (Å²) in [6.45, 7) is 4.33. The average Bonchev–Trinajstić information content (AvgIpc) is 3.09. The molecule has 4 rings (SSSR count). The first kappa shape index (κ1) is 19.2. The van der Waals surface area contributed by atoms with Crippen molar-refractivity contribution in [3.05, 3.63) is 57.2 Å². The molecule has 1 aliphatic heterocycles. The van der Waals surface area contributed by atoms with Gasteiger partial charge in [-0.3, -0.25) is 14.2 Å². The molecule has 5 nitrogen and oxygen atoms in total. The van der Waals surface area contributed by atoms with Gasteiger partial charge in [0.2, 0.25) is 5.91 Å². The van der Waals surface area contributed by atoms with Gasteiger partial charge in [-0.05, 0) is 30.9 Å². The Morgan fingerprint density at radius 2 is 2.04 bits per heavy atom. The third-order valence-corrected chi connectivity index (χ3v) is 7.15. The number of carbonyl (C=O) groups excluding carboxylic acids is 1. The van der Waals surface area contributed by atoms with E-state index in [0.29, 0.717) is 22.8 Å².